The Bertz CT molecular complexity index is 460. The van der Waals surface area contributed by atoms with Gasteiger partial charge in [0.05, 0.1) is 0 Å². The molecule has 0 spiro atoms. The van der Waals surface area contributed by atoms with Gasteiger partial charge in [0.1, 0.15) is 0 Å². The Labute approximate surface area is 106 Å². The highest BCUT2D eigenvalue weighted by molar-refractivity contribution is 5.91. The SMILES string of the molecule is C=CCCC(=O)Nc1ccc(C=CC(=O)O)cc1. The second-order valence-electron chi connectivity index (χ2n) is 3.67. The summed E-state index contributed by atoms with van der Waals surface area (Å²) in [4.78, 5) is 21.8. The standard InChI is InChI=1S/C14H15NO3/c1-2-3-4-13(16)15-12-8-5-11(6-9-12)7-10-14(17)18/h2,5-10H,1,3-4H2,(H,15,16)(H,17,18). The predicted molar refractivity (Wildman–Crippen MR) is 71.2 cm³/mol. The molecule has 94 valence electrons. The number of carbonyl (C=O) groups is 2. The molecule has 0 heterocycles. The highest BCUT2D eigenvalue weighted by atomic mass is 16.4. The van der Waals surface area contributed by atoms with Gasteiger partial charge in [-0.05, 0) is 30.2 Å². The number of carboxylic acid groups (broad SMARTS) is 1. The van der Waals surface area contributed by atoms with E-state index in [-0.39, 0.29) is 5.91 Å². The summed E-state index contributed by atoms with van der Waals surface area (Å²) in [6, 6.07) is 6.94. The third-order valence-corrected chi connectivity index (χ3v) is 2.19. The third kappa shape index (κ3) is 5.12. The Balaban J connectivity index is 2.57. The third-order valence-electron chi connectivity index (χ3n) is 2.19. The summed E-state index contributed by atoms with van der Waals surface area (Å²) in [5, 5.41) is 11.2. The Morgan fingerprint density at radius 1 is 1.28 bits per heavy atom. The van der Waals surface area contributed by atoms with Crippen molar-refractivity contribution < 1.29 is 14.7 Å². The topological polar surface area (TPSA) is 66.4 Å². The van der Waals surface area contributed by atoms with Crippen molar-refractivity contribution in [3.8, 4) is 0 Å². The molecule has 0 aromatic heterocycles. The maximum atomic E-state index is 11.4. The van der Waals surface area contributed by atoms with E-state index in [4.69, 9.17) is 5.11 Å². The van der Waals surface area contributed by atoms with Gasteiger partial charge in [-0.15, -0.1) is 6.58 Å². The van der Waals surface area contributed by atoms with Gasteiger partial charge in [-0.2, -0.15) is 0 Å². The normalized spacial score (nSPS) is 10.2. The number of aliphatic carboxylic acids is 1. The molecule has 0 atom stereocenters. The molecule has 1 aromatic rings. The van der Waals surface area contributed by atoms with Crippen LogP contribution in [0.15, 0.2) is 43.0 Å². The predicted octanol–water partition coefficient (Wildman–Crippen LogP) is 2.69. The van der Waals surface area contributed by atoms with Gasteiger partial charge in [-0.25, -0.2) is 4.79 Å². The average molecular weight is 245 g/mol. The fourth-order valence-corrected chi connectivity index (χ4v) is 1.30. The zero-order chi connectivity index (χ0) is 13.4. The van der Waals surface area contributed by atoms with Crippen LogP contribution in [0.5, 0.6) is 0 Å². The first-order valence-corrected chi connectivity index (χ1v) is 5.53. The largest absolute Gasteiger partial charge is 0.478 e. The molecule has 4 heteroatoms. The van der Waals surface area contributed by atoms with Gasteiger partial charge >= 0.3 is 5.97 Å². The lowest BCUT2D eigenvalue weighted by Gasteiger charge is -2.04. The van der Waals surface area contributed by atoms with Crippen molar-refractivity contribution in [2.24, 2.45) is 0 Å². The molecule has 1 rings (SSSR count). The number of allylic oxidation sites excluding steroid dienone is 1. The molecule has 0 aliphatic carbocycles. The van der Waals surface area contributed by atoms with Gasteiger partial charge in [-0.3, -0.25) is 4.79 Å². The number of rotatable bonds is 6. The molecule has 2 N–H and O–H groups in total. The van der Waals surface area contributed by atoms with E-state index >= 15 is 0 Å². The lowest BCUT2D eigenvalue weighted by atomic mass is 10.2. The second kappa shape index (κ2) is 7.06. The van der Waals surface area contributed by atoms with Crippen LogP contribution in [0.1, 0.15) is 18.4 Å². The Morgan fingerprint density at radius 3 is 2.50 bits per heavy atom. The molecule has 0 bridgehead atoms. The van der Waals surface area contributed by atoms with E-state index < -0.39 is 5.97 Å². The first kappa shape index (κ1) is 13.7. The minimum atomic E-state index is -0.989. The molecule has 0 radical (unpaired) electrons. The molecule has 1 amide bonds. The van der Waals surface area contributed by atoms with E-state index in [1.165, 1.54) is 6.08 Å². The maximum Gasteiger partial charge on any atom is 0.328 e. The fraction of sp³-hybridized carbons (Fsp3) is 0.143. The quantitative estimate of drug-likeness (QED) is 0.598. The van der Waals surface area contributed by atoms with Crippen LogP contribution in [-0.2, 0) is 9.59 Å². The van der Waals surface area contributed by atoms with Crippen LogP contribution < -0.4 is 5.32 Å². The van der Waals surface area contributed by atoms with Crippen molar-refractivity contribution in [1.29, 1.82) is 0 Å². The maximum absolute atomic E-state index is 11.4. The van der Waals surface area contributed by atoms with Gasteiger partial charge in [0, 0.05) is 18.2 Å². The van der Waals surface area contributed by atoms with Gasteiger partial charge in [0.25, 0.3) is 0 Å². The second-order valence-corrected chi connectivity index (χ2v) is 3.67. The smallest absolute Gasteiger partial charge is 0.328 e. The van der Waals surface area contributed by atoms with Crippen LogP contribution in [0.3, 0.4) is 0 Å². The number of hydrogen-bond donors (Lipinski definition) is 2. The number of carbonyl (C=O) groups excluding carboxylic acids is 1. The van der Waals surface area contributed by atoms with Crippen molar-refractivity contribution in [2.45, 2.75) is 12.8 Å². The van der Waals surface area contributed by atoms with E-state index in [0.717, 1.165) is 11.6 Å². The molecule has 1 aromatic carbocycles. The van der Waals surface area contributed by atoms with Crippen molar-refractivity contribution in [3.05, 3.63) is 48.6 Å². The molecule has 0 saturated heterocycles. The fourth-order valence-electron chi connectivity index (χ4n) is 1.30. The van der Waals surface area contributed by atoms with E-state index in [0.29, 0.717) is 18.5 Å². The molecular formula is C14H15NO3. The van der Waals surface area contributed by atoms with Crippen LogP contribution >= 0.6 is 0 Å². The van der Waals surface area contributed by atoms with Crippen molar-refractivity contribution in [3.63, 3.8) is 0 Å². The van der Waals surface area contributed by atoms with Crippen molar-refractivity contribution in [2.75, 3.05) is 5.32 Å². The Hall–Kier alpha value is -2.36. The number of amides is 1. The molecule has 0 aliphatic heterocycles. The van der Waals surface area contributed by atoms with E-state index in [9.17, 15) is 9.59 Å². The Morgan fingerprint density at radius 2 is 1.94 bits per heavy atom. The molecular weight excluding hydrogens is 230 g/mol. The molecule has 0 fully saturated rings. The number of nitrogens with one attached hydrogen (secondary N) is 1. The summed E-state index contributed by atoms with van der Waals surface area (Å²) >= 11 is 0. The summed E-state index contributed by atoms with van der Waals surface area (Å²) in [5.41, 5.74) is 1.46. The minimum Gasteiger partial charge on any atom is -0.478 e. The van der Waals surface area contributed by atoms with Crippen molar-refractivity contribution in [1.82, 2.24) is 0 Å². The average Bonchev–Trinajstić information content (AvgIpc) is 2.35. The van der Waals surface area contributed by atoms with E-state index in [2.05, 4.69) is 11.9 Å². The van der Waals surface area contributed by atoms with Crippen LogP contribution in [-0.4, -0.2) is 17.0 Å². The zero-order valence-electron chi connectivity index (χ0n) is 9.93. The van der Waals surface area contributed by atoms with Crippen LogP contribution in [0.2, 0.25) is 0 Å². The monoisotopic (exact) mass is 245 g/mol. The molecule has 0 aliphatic rings. The van der Waals surface area contributed by atoms with Crippen LogP contribution in [0.25, 0.3) is 6.08 Å². The van der Waals surface area contributed by atoms with E-state index in [1.54, 1.807) is 30.3 Å². The lowest BCUT2D eigenvalue weighted by Crippen LogP contribution is -2.10. The summed E-state index contributed by atoms with van der Waals surface area (Å²) in [7, 11) is 0. The van der Waals surface area contributed by atoms with Gasteiger partial charge < -0.3 is 10.4 Å². The summed E-state index contributed by atoms with van der Waals surface area (Å²) in [6.07, 6.45) is 5.30. The van der Waals surface area contributed by atoms with Gasteiger partial charge in [0.15, 0.2) is 0 Å². The van der Waals surface area contributed by atoms with Gasteiger partial charge in [-0.1, -0.05) is 18.2 Å². The minimum absolute atomic E-state index is 0.0660. The summed E-state index contributed by atoms with van der Waals surface area (Å²) < 4.78 is 0. The number of hydrogen-bond acceptors (Lipinski definition) is 2. The molecule has 0 saturated carbocycles. The molecule has 18 heavy (non-hydrogen) atoms. The van der Waals surface area contributed by atoms with Gasteiger partial charge in [0.2, 0.25) is 5.91 Å². The van der Waals surface area contributed by atoms with Crippen LogP contribution in [0.4, 0.5) is 5.69 Å². The highest BCUT2D eigenvalue weighted by Crippen LogP contribution is 2.11. The number of benzene rings is 1. The first-order chi connectivity index (χ1) is 8.61. The molecule has 4 nitrogen and oxygen atoms in total. The molecule has 0 unspecified atom stereocenters. The highest BCUT2D eigenvalue weighted by Gasteiger charge is 2.00. The first-order valence-electron chi connectivity index (χ1n) is 5.53. The number of anilines is 1. The summed E-state index contributed by atoms with van der Waals surface area (Å²) in [6.45, 7) is 3.55. The van der Waals surface area contributed by atoms with E-state index in [1.807, 2.05) is 0 Å². The summed E-state index contributed by atoms with van der Waals surface area (Å²) in [5.74, 6) is -1.06. The van der Waals surface area contributed by atoms with Crippen LogP contribution in [0, 0.1) is 0 Å². The Kier molecular flexibility index (Phi) is 5.38. The zero-order valence-corrected chi connectivity index (χ0v) is 9.93. The van der Waals surface area contributed by atoms with Crippen molar-refractivity contribution >= 4 is 23.6 Å². The lowest BCUT2D eigenvalue weighted by molar-refractivity contribution is -0.131. The number of carboxylic acids is 1.